The van der Waals surface area contributed by atoms with Gasteiger partial charge in [-0.05, 0) is 49.2 Å². The van der Waals surface area contributed by atoms with E-state index in [1.165, 1.54) is 0 Å². The van der Waals surface area contributed by atoms with Crippen LogP contribution in [0.25, 0.3) is 0 Å². The van der Waals surface area contributed by atoms with Crippen molar-refractivity contribution in [3.05, 3.63) is 53.6 Å². The van der Waals surface area contributed by atoms with Gasteiger partial charge >= 0.3 is 12.4 Å². The first-order valence-corrected chi connectivity index (χ1v) is 12.2. The molecule has 7 nitrogen and oxygen atoms in total. The standard InChI is InChI=1S/C25H25ClF6N4O3/c26-14-5-7-15(8-6-14)36-13-19(23(39)34-18-3-1-2-4-20(18)36)35-22(38)17(10-12-25(30,31)32)16(21(33)37)9-11-24(27,28)29/h1-8,16-17,19H,9-13H2,(H2,33,37)(H,34,39)(H,35,38)/t16-,17+,19+/m1/s1. The summed E-state index contributed by atoms with van der Waals surface area (Å²) >= 11 is 5.98. The van der Waals surface area contributed by atoms with E-state index in [0.717, 1.165) is 0 Å². The predicted octanol–water partition coefficient (Wildman–Crippen LogP) is 5.32. The molecule has 0 saturated carbocycles. The van der Waals surface area contributed by atoms with Crippen LogP contribution in [0, 0.1) is 11.8 Å². The quantitative estimate of drug-likeness (QED) is 0.350. The lowest BCUT2D eigenvalue weighted by Crippen LogP contribution is -2.52. The van der Waals surface area contributed by atoms with Crippen LogP contribution in [-0.4, -0.2) is 42.7 Å². The number of rotatable bonds is 9. The van der Waals surface area contributed by atoms with Gasteiger partial charge in [-0.1, -0.05) is 23.7 Å². The molecule has 39 heavy (non-hydrogen) atoms. The van der Waals surface area contributed by atoms with Crippen molar-refractivity contribution in [2.75, 3.05) is 16.8 Å². The summed E-state index contributed by atoms with van der Waals surface area (Å²) in [5, 5.41) is 5.42. The highest BCUT2D eigenvalue weighted by molar-refractivity contribution is 6.30. The Bertz CT molecular complexity index is 1190. The van der Waals surface area contributed by atoms with Gasteiger partial charge in [0.25, 0.3) is 0 Å². The van der Waals surface area contributed by atoms with Crippen LogP contribution in [-0.2, 0) is 14.4 Å². The molecule has 0 bridgehead atoms. The van der Waals surface area contributed by atoms with Crippen molar-refractivity contribution in [1.29, 1.82) is 0 Å². The van der Waals surface area contributed by atoms with E-state index in [0.29, 0.717) is 22.1 Å². The van der Waals surface area contributed by atoms with Crippen LogP contribution in [0.15, 0.2) is 48.5 Å². The van der Waals surface area contributed by atoms with E-state index in [1.54, 1.807) is 53.4 Å². The summed E-state index contributed by atoms with van der Waals surface area (Å²) in [6.45, 7) is -0.188. The largest absolute Gasteiger partial charge is 0.389 e. The number of hydrogen-bond acceptors (Lipinski definition) is 4. The fourth-order valence-electron chi connectivity index (χ4n) is 4.35. The maximum absolute atomic E-state index is 13.2. The van der Waals surface area contributed by atoms with E-state index in [1.807, 2.05) is 0 Å². The number of halogens is 7. The van der Waals surface area contributed by atoms with Crippen LogP contribution in [0.5, 0.6) is 0 Å². The molecule has 4 N–H and O–H groups in total. The van der Waals surface area contributed by atoms with Crippen LogP contribution in [0.4, 0.5) is 43.4 Å². The van der Waals surface area contributed by atoms with Crippen molar-refractivity contribution >= 4 is 46.4 Å². The van der Waals surface area contributed by atoms with Gasteiger partial charge in [0.2, 0.25) is 17.7 Å². The highest BCUT2D eigenvalue weighted by atomic mass is 35.5. The lowest BCUT2D eigenvalue weighted by atomic mass is 9.83. The van der Waals surface area contributed by atoms with Gasteiger partial charge in [-0.3, -0.25) is 14.4 Å². The fraction of sp³-hybridized carbons (Fsp3) is 0.400. The van der Waals surface area contributed by atoms with Crippen molar-refractivity contribution < 1.29 is 40.7 Å². The Morgan fingerprint density at radius 1 is 0.974 bits per heavy atom. The number of nitrogens with zero attached hydrogens (tertiary/aromatic N) is 1. The number of nitrogens with one attached hydrogen (secondary N) is 2. The molecule has 0 spiro atoms. The summed E-state index contributed by atoms with van der Waals surface area (Å²) < 4.78 is 77.6. The molecule has 2 aromatic carbocycles. The Balaban J connectivity index is 1.91. The zero-order valence-electron chi connectivity index (χ0n) is 20.3. The zero-order chi connectivity index (χ0) is 29.0. The minimum Gasteiger partial charge on any atom is -0.369 e. The van der Waals surface area contributed by atoms with E-state index in [9.17, 15) is 40.7 Å². The molecule has 0 saturated heterocycles. The van der Waals surface area contributed by atoms with Gasteiger partial charge in [-0.2, -0.15) is 26.3 Å². The number of primary amides is 1. The van der Waals surface area contributed by atoms with Crippen molar-refractivity contribution in [3.8, 4) is 0 Å². The third kappa shape index (κ3) is 8.50. The minimum atomic E-state index is -4.75. The number of carbonyl (C=O) groups is 3. The molecule has 14 heteroatoms. The topological polar surface area (TPSA) is 105 Å². The van der Waals surface area contributed by atoms with E-state index < -0.39 is 73.6 Å². The first-order chi connectivity index (χ1) is 18.1. The molecule has 0 fully saturated rings. The molecule has 3 atom stereocenters. The summed E-state index contributed by atoms with van der Waals surface area (Å²) in [6.07, 6.45) is -14.5. The second kappa shape index (κ2) is 12.1. The molecule has 0 aromatic heterocycles. The van der Waals surface area contributed by atoms with Gasteiger partial charge in [0.15, 0.2) is 0 Å². The third-order valence-corrected chi connectivity index (χ3v) is 6.51. The normalized spacial score (nSPS) is 17.5. The fourth-order valence-corrected chi connectivity index (χ4v) is 4.47. The highest BCUT2D eigenvalue weighted by Gasteiger charge is 2.41. The number of amides is 3. The van der Waals surface area contributed by atoms with Gasteiger partial charge in [0.05, 0.1) is 17.9 Å². The van der Waals surface area contributed by atoms with Crippen LogP contribution in [0.3, 0.4) is 0 Å². The number of benzene rings is 2. The first kappa shape index (κ1) is 30.1. The average Bonchev–Trinajstić information content (AvgIpc) is 2.96. The Morgan fingerprint density at radius 2 is 1.54 bits per heavy atom. The highest BCUT2D eigenvalue weighted by Crippen LogP contribution is 2.36. The van der Waals surface area contributed by atoms with Gasteiger partial charge in [0.1, 0.15) is 6.04 Å². The average molecular weight is 579 g/mol. The summed E-state index contributed by atoms with van der Waals surface area (Å²) in [7, 11) is 0. The number of alkyl halides is 6. The van der Waals surface area contributed by atoms with Crippen LogP contribution in [0.1, 0.15) is 25.7 Å². The second-order valence-corrected chi connectivity index (χ2v) is 9.51. The Kier molecular flexibility index (Phi) is 9.36. The summed E-state index contributed by atoms with van der Waals surface area (Å²) in [4.78, 5) is 40.0. The molecule has 0 aliphatic carbocycles. The maximum atomic E-state index is 13.2. The predicted molar refractivity (Wildman–Crippen MR) is 132 cm³/mol. The molecule has 0 radical (unpaired) electrons. The Labute approximate surface area is 224 Å². The third-order valence-electron chi connectivity index (χ3n) is 6.25. The number of carbonyl (C=O) groups excluding carboxylic acids is 3. The van der Waals surface area contributed by atoms with Crippen LogP contribution >= 0.6 is 11.6 Å². The summed E-state index contributed by atoms with van der Waals surface area (Å²) in [5.41, 5.74) is 6.72. The van der Waals surface area contributed by atoms with Gasteiger partial charge < -0.3 is 21.3 Å². The zero-order valence-corrected chi connectivity index (χ0v) is 21.0. The molecule has 1 aliphatic rings. The maximum Gasteiger partial charge on any atom is 0.389 e. The number of nitrogens with two attached hydrogens (primary N) is 1. The molecule has 3 rings (SSSR count). The molecule has 2 aromatic rings. The monoisotopic (exact) mass is 578 g/mol. The van der Waals surface area contributed by atoms with E-state index >= 15 is 0 Å². The molecule has 3 amide bonds. The lowest BCUT2D eigenvalue weighted by molar-refractivity contribution is -0.152. The molecule has 0 unspecified atom stereocenters. The molecule has 212 valence electrons. The van der Waals surface area contributed by atoms with Crippen LogP contribution in [0.2, 0.25) is 5.02 Å². The molecule has 1 heterocycles. The number of fused-ring (bicyclic) bond motifs is 1. The minimum absolute atomic E-state index is 0.188. The van der Waals surface area contributed by atoms with Crippen molar-refractivity contribution in [2.45, 2.75) is 44.1 Å². The van der Waals surface area contributed by atoms with E-state index in [2.05, 4.69) is 10.6 Å². The molecular weight excluding hydrogens is 554 g/mol. The Morgan fingerprint density at radius 3 is 2.10 bits per heavy atom. The van der Waals surface area contributed by atoms with Gasteiger partial charge in [-0.25, -0.2) is 0 Å². The second-order valence-electron chi connectivity index (χ2n) is 9.08. The number of para-hydroxylation sites is 2. The van der Waals surface area contributed by atoms with Crippen molar-refractivity contribution in [1.82, 2.24) is 5.32 Å². The summed E-state index contributed by atoms with van der Waals surface area (Å²) in [5.74, 6) is -6.94. The number of hydrogen-bond donors (Lipinski definition) is 3. The first-order valence-electron chi connectivity index (χ1n) is 11.8. The number of anilines is 3. The Hall–Kier alpha value is -3.48. The van der Waals surface area contributed by atoms with Crippen molar-refractivity contribution in [3.63, 3.8) is 0 Å². The lowest BCUT2D eigenvalue weighted by Gasteiger charge is -2.29. The van der Waals surface area contributed by atoms with E-state index in [4.69, 9.17) is 17.3 Å². The smallest absolute Gasteiger partial charge is 0.369 e. The SMILES string of the molecule is NC(=O)[C@H](CCC(F)(F)F)[C@H](CCC(F)(F)F)C(=O)N[C@H]1CN(c2ccc(Cl)cc2)c2ccccc2NC1=O. The molecular formula is C25H25ClF6N4O3. The summed E-state index contributed by atoms with van der Waals surface area (Å²) in [6, 6.07) is 11.8. The van der Waals surface area contributed by atoms with E-state index in [-0.39, 0.29) is 6.54 Å². The van der Waals surface area contributed by atoms with Crippen molar-refractivity contribution in [2.24, 2.45) is 17.6 Å². The van der Waals surface area contributed by atoms with Crippen LogP contribution < -0.4 is 21.3 Å². The molecule has 1 aliphatic heterocycles. The van der Waals surface area contributed by atoms with Gasteiger partial charge in [-0.15, -0.1) is 0 Å². The van der Waals surface area contributed by atoms with Gasteiger partial charge in [0, 0.05) is 35.4 Å².